The molecule has 0 saturated carbocycles. The van der Waals surface area contributed by atoms with Crippen molar-refractivity contribution in [3.63, 3.8) is 0 Å². The quantitative estimate of drug-likeness (QED) is 0.308. The maximum absolute atomic E-state index is 3.55. The Hall–Kier alpha value is -2.28. The summed E-state index contributed by atoms with van der Waals surface area (Å²) in [4.78, 5) is 0. The van der Waals surface area contributed by atoms with Crippen LogP contribution in [0.1, 0.15) is 64.7 Å². The molecular weight excluding hydrogens is 264 g/mol. The molecule has 0 N–H and O–H groups in total. The van der Waals surface area contributed by atoms with Crippen molar-refractivity contribution in [3.8, 4) is 47.4 Å². The van der Waals surface area contributed by atoms with Crippen molar-refractivity contribution in [1.82, 2.24) is 0 Å². The molecule has 0 fully saturated rings. The number of allylic oxidation sites excluding steroid dienone is 3. The summed E-state index contributed by atoms with van der Waals surface area (Å²) in [7, 11) is 0. The van der Waals surface area contributed by atoms with Crippen LogP contribution in [-0.4, -0.2) is 0 Å². The molecule has 114 valence electrons. The maximum atomic E-state index is 3.55. The standard InChI is InChI=1S/C22H26/c1-3-5-7-9-11-13-15-17-19-21-22-20-18-16-14-12-10-8-6-4-2/h3,5,7H,1,4,6,8,10,12,14,16,18,20H2,2H3. The Bertz CT molecular complexity index is 544. The zero-order chi connectivity index (χ0) is 16.1. The third-order valence-electron chi connectivity index (χ3n) is 2.94. The van der Waals surface area contributed by atoms with Crippen LogP contribution in [0.3, 0.4) is 0 Å². The normalized spacial score (nSPS) is 8.41. The summed E-state index contributed by atoms with van der Waals surface area (Å²) in [6.45, 7) is 5.80. The van der Waals surface area contributed by atoms with Crippen LogP contribution in [0.5, 0.6) is 0 Å². The van der Waals surface area contributed by atoms with Gasteiger partial charge in [0.05, 0.1) is 0 Å². The van der Waals surface area contributed by atoms with E-state index < -0.39 is 0 Å². The molecule has 0 aromatic rings. The van der Waals surface area contributed by atoms with Gasteiger partial charge in [-0.15, -0.1) is 0 Å². The van der Waals surface area contributed by atoms with Gasteiger partial charge in [0, 0.05) is 6.42 Å². The first-order chi connectivity index (χ1) is 10.9. The van der Waals surface area contributed by atoms with E-state index in [2.05, 4.69) is 60.9 Å². The molecule has 0 amide bonds. The lowest BCUT2D eigenvalue weighted by Crippen LogP contribution is -1.79. The van der Waals surface area contributed by atoms with Gasteiger partial charge in [-0.1, -0.05) is 82.4 Å². The number of rotatable bonds is 9. The molecule has 0 aliphatic heterocycles. The minimum Gasteiger partial charge on any atom is -0.0990 e. The van der Waals surface area contributed by atoms with Crippen molar-refractivity contribution in [1.29, 1.82) is 0 Å². The van der Waals surface area contributed by atoms with E-state index in [-0.39, 0.29) is 0 Å². The molecule has 0 heterocycles. The molecule has 0 bridgehead atoms. The van der Waals surface area contributed by atoms with Gasteiger partial charge in [-0.3, -0.25) is 0 Å². The van der Waals surface area contributed by atoms with Crippen LogP contribution in [0.2, 0.25) is 0 Å². The highest BCUT2D eigenvalue weighted by molar-refractivity contribution is 5.41. The van der Waals surface area contributed by atoms with E-state index in [1.807, 2.05) is 0 Å². The molecule has 0 heteroatoms. The Morgan fingerprint density at radius 1 is 0.727 bits per heavy atom. The fourth-order valence-electron chi connectivity index (χ4n) is 1.77. The smallest absolute Gasteiger partial charge is 0.00989 e. The molecule has 0 spiro atoms. The molecule has 0 nitrogen and oxygen atoms in total. The van der Waals surface area contributed by atoms with Gasteiger partial charge in [0.15, 0.2) is 0 Å². The van der Waals surface area contributed by atoms with Crippen LogP contribution in [0.15, 0.2) is 24.8 Å². The second kappa shape index (κ2) is 18.7. The molecule has 0 rings (SSSR count). The van der Waals surface area contributed by atoms with E-state index in [1.54, 1.807) is 18.2 Å². The summed E-state index contributed by atoms with van der Waals surface area (Å²) < 4.78 is 0. The Kier molecular flexibility index (Phi) is 16.8. The first-order valence-electron chi connectivity index (χ1n) is 8.17. The van der Waals surface area contributed by atoms with E-state index in [1.165, 1.54) is 51.4 Å². The first-order valence-corrected chi connectivity index (χ1v) is 8.17. The second-order valence-corrected chi connectivity index (χ2v) is 4.89. The third-order valence-corrected chi connectivity index (χ3v) is 2.94. The van der Waals surface area contributed by atoms with Gasteiger partial charge in [0.2, 0.25) is 0 Å². The van der Waals surface area contributed by atoms with E-state index >= 15 is 0 Å². The summed E-state index contributed by atoms with van der Waals surface area (Å²) >= 11 is 0. The van der Waals surface area contributed by atoms with Crippen molar-refractivity contribution >= 4 is 0 Å². The zero-order valence-corrected chi connectivity index (χ0v) is 13.8. The van der Waals surface area contributed by atoms with Crippen LogP contribution in [0.25, 0.3) is 0 Å². The van der Waals surface area contributed by atoms with Crippen molar-refractivity contribution in [2.45, 2.75) is 64.7 Å². The molecule has 0 aliphatic carbocycles. The average Bonchev–Trinajstić information content (AvgIpc) is 2.54. The largest absolute Gasteiger partial charge is 0.0990 e. The summed E-state index contributed by atoms with van der Waals surface area (Å²) in [6, 6.07) is 0. The van der Waals surface area contributed by atoms with Gasteiger partial charge in [0.1, 0.15) is 0 Å². The Morgan fingerprint density at radius 2 is 1.32 bits per heavy atom. The minimum absolute atomic E-state index is 0.934. The lowest BCUT2D eigenvalue weighted by molar-refractivity contribution is 0.579. The lowest BCUT2D eigenvalue weighted by atomic mass is 10.1. The molecule has 0 saturated heterocycles. The van der Waals surface area contributed by atoms with Crippen molar-refractivity contribution < 1.29 is 0 Å². The molecule has 0 unspecified atom stereocenters. The maximum Gasteiger partial charge on any atom is 0.00989 e. The van der Waals surface area contributed by atoms with Crippen molar-refractivity contribution in [2.75, 3.05) is 0 Å². The van der Waals surface area contributed by atoms with Crippen LogP contribution in [0, 0.1) is 47.4 Å². The zero-order valence-electron chi connectivity index (χ0n) is 13.8. The Morgan fingerprint density at radius 3 is 2.00 bits per heavy atom. The lowest BCUT2D eigenvalue weighted by Gasteiger charge is -1.98. The van der Waals surface area contributed by atoms with Gasteiger partial charge in [-0.2, -0.15) is 0 Å². The average molecular weight is 290 g/mol. The van der Waals surface area contributed by atoms with Gasteiger partial charge in [-0.05, 0) is 48.0 Å². The Labute approximate surface area is 137 Å². The molecule has 0 aromatic carbocycles. The fraction of sp³-hybridized carbons (Fsp3) is 0.455. The molecule has 22 heavy (non-hydrogen) atoms. The van der Waals surface area contributed by atoms with Crippen LogP contribution >= 0.6 is 0 Å². The number of unbranched alkanes of at least 4 members (excludes halogenated alkanes) is 8. The highest BCUT2D eigenvalue weighted by Crippen LogP contribution is 2.08. The fourth-order valence-corrected chi connectivity index (χ4v) is 1.77. The summed E-state index contributed by atoms with van der Waals surface area (Å²) in [5.41, 5.74) is 0. The minimum atomic E-state index is 0.934. The van der Waals surface area contributed by atoms with Gasteiger partial charge < -0.3 is 0 Å². The van der Waals surface area contributed by atoms with Crippen molar-refractivity contribution in [2.24, 2.45) is 0 Å². The number of hydrogen-bond acceptors (Lipinski definition) is 0. The van der Waals surface area contributed by atoms with Gasteiger partial charge in [0.25, 0.3) is 0 Å². The summed E-state index contributed by atoms with van der Waals surface area (Å²) in [6.07, 6.45) is 16.7. The monoisotopic (exact) mass is 290 g/mol. The van der Waals surface area contributed by atoms with Gasteiger partial charge in [-0.25, -0.2) is 0 Å². The molecule has 0 aliphatic rings. The third kappa shape index (κ3) is 17.7. The van der Waals surface area contributed by atoms with E-state index in [0.29, 0.717) is 0 Å². The van der Waals surface area contributed by atoms with Crippen molar-refractivity contribution in [3.05, 3.63) is 24.8 Å². The summed E-state index contributed by atoms with van der Waals surface area (Å²) in [5.74, 6) is 22.0. The highest BCUT2D eigenvalue weighted by Gasteiger charge is 1.89. The van der Waals surface area contributed by atoms with Crippen LogP contribution < -0.4 is 0 Å². The van der Waals surface area contributed by atoms with Crippen LogP contribution in [-0.2, 0) is 0 Å². The van der Waals surface area contributed by atoms with Crippen LogP contribution in [0.4, 0.5) is 0 Å². The molecular formula is C22H26. The molecule has 0 aromatic heterocycles. The first kappa shape index (κ1) is 19.7. The van der Waals surface area contributed by atoms with E-state index in [0.717, 1.165) is 6.42 Å². The molecule has 0 atom stereocenters. The number of hydrogen-bond donors (Lipinski definition) is 0. The topological polar surface area (TPSA) is 0 Å². The van der Waals surface area contributed by atoms with E-state index in [9.17, 15) is 0 Å². The SMILES string of the molecule is C=CC=CC#CC#CC#CC#CCCCCCCCCCC. The molecule has 0 radical (unpaired) electrons. The predicted molar refractivity (Wildman–Crippen MR) is 97.7 cm³/mol. The Balaban J connectivity index is 3.59. The summed E-state index contributed by atoms with van der Waals surface area (Å²) in [5, 5.41) is 0. The highest BCUT2D eigenvalue weighted by atomic mass is 14.0. The second-order valence-electron chi connectivity index (χ2n) is 4.89. The predicted octanol–water partition coefficient (Wildman–Crippen LogP) is 5.27. The van der Waals surface area contributed by atoms with Gasteiger partial charge >= 0.3 is 0 Å². The van der Waals surface area contributed by atoms with E-state index in [4.69, 9.17) is 0 Å².